The Kier molecular flexibility index (Phi) is 3.46. The molecule has 2 aromatic carbocycles. The van der Waals surface area contributed by atoms with Crippen LogP contribution in [0.25, 0.3) is 16.9 Å². The van der Waals surface area contributed by atoms with Gasteiger partial charge in [0.15, 0.2) is 11.5 Å². The number of halogens is 1. The van der Waals surface area contributed by atoms with Gasteiger partial charge in [-0.15, -0.1) is 0 Å². The zero-order chi connectivity index (χ0) is 17.7. The molecule has 0 bridgehead atoms. The van der Waals surface area contributed by atoms with E-state index in [1.165, 1.54) is 5.56 Å². The Labute approximate surface area is 155 Å². The van der Waals surface area contributed by atoms with E-state index in [0.717, 1.165) is 47.2 Å². The molecule has 6 nitrogen and oxygen atoms in total. The maximum absolute atomic E-state index is 6.21. The number of ether oxygens (including phenoxy) is 3. The van der Waals surface area contributed by atoms with Crippen molar-refractivity contribution < 1.29 is 14.2 Å². The summed E-state index contributed by atoms with van der Waals surface area (Å²) >= 11 is 6.21. The van der Waals surface area contributed by atoms with Crippen LogP contribution in [-0.2, 0) is 6.42 Å². The smallest absolute Gasteiger partial charge is 0.231 e. The summed E-state index contributed by atoms with van der Waals surface area (Å²) in [6.45, 7) is 1.13. The fraction of sp³-hybridized carbons (Fsp3) is 0.211. The molecule has 0 radical (unpaired) electrons. The molecule has 0 atom stereocenters. The van der Waals surface area contributed by atoms with E-state index >= 15 is 0 Å². The minimum atomic E-state index is 0.257. The summed E-state index contributed by atoms with van der Waals surface area (Å²) in [5.41, 5.74) is 3.89. The number of hydrogen-bond donors (Lipinski definition) is 1. The van der Waals surface area contributed by atoms with Crippen LogP contribution < -0.4 is 19.5 Å². The Morgan fingerprint density at radius 1 is 1.15 bits per heavy atom. The molecule has 2 aliphatic rings. The van der Waals surface area contributed by atoms with Gasteiger partial charge in [-0.25, -0.2) is 4.68 Å². The van der Waals surface area contributed by atoms with E-state index < -0.39 is 0 Å². The molecule has 0 amide bonds. The van der Waals surface area contributed by atoms with Gasteiger partial charge in [0.1, 0.15) is 17.3 Å². The van der Waals surface area contributed by atoms with Crippen molar-refractivity contribution in [2.24, 2.45) is 0 Å². The van der Waals surface area contributed by atoms with Crippen molar-refractivity contribution in [3.63, 3.8) is 0 Å². The number of anilines is 1. The van der Waals surface area contributed by atoms with E-state index in [-0.39, 0.29) is 6.79 Å². The molecule has 0 spiro atoms. The average Bonchev–Trinajstić information content (AvgIpc) is 3.37. The number of nitrogens with zero attached hydrogens (tertiary/aromatic N) is 2. The maximum Gasteiger partial charge on any atom is 0.231 e. The second-order valence-corrected chi connectivity index (χ2v) is 6.58. The lowest BCUT2D eigenvalue weighted by Gasteiger charge is -2.11. The first-order valence-electron chi connectivity index (χ1n) is 8.34. The largest absolute Gasteiger partial charge is 0.494 e. The van der Waals surface area contributed by atoms with Gasteiger partial charge in [-0.2, -0.15) is 5.10 Å². The van der Waals surface area contributed by atoms with E-state index in [4.69, 9.17) is 30.9 Å². The summed E-state index contributed by atoms with van der Waals surface area (Å²) in [5, 5.41) is 8.93. The van der Waals surface area contributed by atoms with Crippen molar-refractivity contribution >= 4 is 17.4 Å². The second kappa shape index (κ2) is 5.85. The molecule has 0 saturated carbocycles. The van der Waals surface area contributed by atoms with Crippen LogP contribution in [0.4, 0.5) is 5.82 Å². The van der Waals surface area contributed by atoms with Crippen LogP contribution in [0.3, 0.4) is 0 Å². The van der Waals surface area contributed by atoms with E-state index in [0.29, 0.717) is 10.8 Å². The quantitative estimate of drug-likeness (QED) is 0.758. The second-order valence-electron chi connectivity index (χ2n) is 6.15. The summed E-state index contributed by atoms with van der Waals surface area (Å²) in [6.07, 6.45) is 0.905. The number of aromatic nitrogens is 2. The van der Waals surface area contributed by atoms with Crippen molar-refractivity contribution in [2.75, 3.05) is 25.8 Å². The standard InChI is InChI=1S/C19H16ClN3O3/c1-24-15-5-3-12(20)9-14(15)23-19-13(6-7-21-19)18(22-23)11-2-4-16-17(8-11)26-10-25-16/h2-5,8-9,21H,6-7,10H2,1H3. The summed E-state index contributed by atoms with van der Waals surface area (Å²) in [5.74, 6) is 3.19. The van der Waals surface area contributed by atoms with Gasteiger partial charge in [0, 0.05) is 22.7 Å². The van der Waals surface area contributed by atoms with Gasteiger partial charge in [-0.1, -0.05) is 11.6 Å². The van der Waals surface area contributed by atoms with Crippen LogP contribution in [0.1, 0.15) is 5.56 Å². The molecule has 0 saturated heterocycles. The lowest BCUT2D eigenvalue weighted by Crippen LogP contribution is -2.05. The SMILES string of the molecule is COc1ccc(Cl)cc1-n1nc(-c2ccc3c(c2)OCO3)c2c1NCC2. The summed E-state index contributed by atoms with van der Waals surface area (Å²) in [6, 6.07) is 11.4. The van der Waals surface area contributed by atoms with E-state index in [2.05, 4.69) is 5.32 Å². The lowest BCUT2D eigenvalue weighted by atomic mass is 10.1. The molecule has 26 heavy (non-hydrogen) atoms. The molecule has 1 aromatic heterocycles. The number of benzene rings is 2. The molecule has 3 heterocycles. The van der Waals surface area contributed by atoms with Crippen LogP contribution in [0.15, 0.2) is 36.4 Å². The van der Waals surface area contributed by atoms with Crippen LogP contribution in [0.5, 0.6) is 17.2 Å². The topological polar surface area (TPSA) is 57.5 Å². The third-order valence-corrected chi connectivity index (χ3v) is 4.90. The minimum Gasteiger partial charge on any atom is -0.494 e. The van der Waals surface area contributed by atoms with Crippen molar-refractivity contribution in [1.82, 2.24) is 9.78 Å². The monoisotopic (exact) mass is 369 g/mol. The lowest BCUT2D eigenvalue weighted by molar-refractivity contribution is 0.174. The summed E-state index contributed by atoms with van der Waals surface area (Å²) in [7, 11) is 1.64. The van der Waals surface area contributed by atoms with Crippen molar-refractivity contribution in [2.45, 2.75) is 6.42 Å². The molecular weight excluding hydrogens is 354 g/mol. The number of methoxy groups -OCH3 is 1. The molecule has 0 aliphatic carbocycles. The zero-order valence-electron chi connectivity index (χ0n) is 14.1. The van der Waals surface area contributed by atoms with Gasteiger partial charge in [-0.05, 0) is 42.8 Å². The molecule has 3 aromatic rings. The number of hydrogen-bond acceptors (Lipinski definition) is 5. The average molecular weight is 370 g/mol. The number of fused-ring (bicyclic) bond motifs is 2. The highest BCUT2D eigenvalue weighted by atomic mass is 35.5. The van der Waals surface area contributed by atoms with Gasteiger partial charge >= 0.3 is 0 Å². The first-order valence-corrected chi connectivity index (χ1v) is 8.72. The Balaban J connectivity index is 1.68. The molecule has 0 unspecified atom stereocenters. The Morgan fingerprint density at radius 3 is 2.92 bits per heavy atom. The number of nitrogens with one attached hydrogen (secondary N) is 1. The molecule has 7 heteroatoms. The first kappa shape index (κ1) is 15.4. The van der Waals surface area contributed by atoms with Crippen LogP contribution in [-0.4, -0.2) is 30.2 Å². The van der Waals surface area contributed by atoms with Gasteiger partial charge in [-0.3, -0.25) is 0 Å². The zero-order valence-corrected chi connectivity index (χ0v) is 14.8. The highest BCUT2D eigenvalue weighted by molar-refractivity contribution is 6.30. The molecule has 1 N–H and O–H groups in total. The highest BCUT2D eigenvalue weighted by Crippen LogP contribution is 2.41. The number of rotatable bonds is 3. The Morgan fingerprint density at radius 2 is 2.04 bits per heavy atom. The van der Waals surface area contributed by atoms with E-state index in [1.807, 2.05) is 35.0 Å². The minimum absolute atomic E-state index is 0.257. The summed E-state index contributed by atoms with van der Waals surface area (Å²) < 4.78 is 18.3. The molecule has 0 fully saturated rings. The molecular formula is C19H16ClN3O3. The van der Waals surface area contributed by atoms with Crippen molar-refractivity contribution in [1.29, 1.82) is 0 Å². The predicted molar refractivity (Wildman–Crippen MR) is 98.9 cm³/mol. The van der Waals surface area contributed by atoms with Crippen molar-refractivity contribution in [3.8, 4) is 34.2 Å². The van der Waals surface area contributed by atoms with Crippen LogP contribution in [0, 0.1) is 0 Å². The fourth-order valence-corrected chi connectivity index (χ4v) is 3.62. The highest BCUT2D eigenvalue weighted by Gasteiger charge is 2.26. The van der Waals surface area contributed by atoms with Gasteiger partial charge in [0.05, 0.1) is 12.8 Å². The molecule has 5 rings (SSSR count). The normalized spacial score (nSPS) is 14.2. The van der Waals surface area contributed by atoms with E-state index in [9.17, 15) is 0 Å². The third kappa shape index (κ3) is 2.29. The van der Waals surface area contributed by atoms with Crippen LogP contribution in [0.2, 0.25) is 5.02 Å². The predicted octanol–water partition coefficient (Wildman–Crippen LogP) is 3.90. The maximum atomic E-state index is 6.21. The van der Waals surface area contributed by atoms with Gasteiger partial charge < -0.3 is 19.5 Å². The Bertz CT molecular complexity index is 1020. The first-order chi connectivity index (χ1) is 12.7. The van der Waals surface area contributed by atoms with Crippen LogP contribution >= 0.6 is 11.6 Å². The van der Waals surface area contributed by atoms with E-state index in [1.54, 1.807) is 13.2 Å². The Hall–Kier alpha value is -2.86. The third-order valence-electron chi connectivity index (χ3n) is 4.67. The van der Waals surface area contributed by atoms with Gasteiger partial charge in [0.2, 0.25) is 6.79 Å². The fourth-order valence-electron chi connectivity index (χ4n) is 3.45. The molecule has 2 aliphatic heterocycles. The van der Waals surface area contributed by atoms with Crippen molar-refractivity contribution in [3.05, 3.63) is 47.0 Å². The van der Waals surface area contributed by atoms with Gasteiger partial charge in [0.25, 0.3) is 0 Å². The summed E-state index contributed by atoms with van der Waals surface area (Å²) in [4.78, 5) is 0. The molecule has 132 valence electrons.